The molecule has 0 amide bonds. The SMILES string of the molecule is CC.CC.CC.Cc1coc(C)c1C. The predicted octanol–water partition coefficient (Wildman–Crippen LogP) is 5.28. The van der Waals surface area contributed by atoms with Gasteiger partial charge in [-0.1, -0.05) is 41.5 Å². The molecule has 1 nitrogen and oxygen atoms in total. The molecule has 0 spiro atoms. The van der Waals surface area contributed by atoms with E-state index in [1.165, 1.54) is 11.1 Å². The molecular weight excluding hydrogens is 172 g/mol. The van der Waals surface area contributed by atoms with Gasteiger partial charge < -0.3 is 4.42 Å². The quantitative estimate of drug-likeness (QED) is 0.555. The van der Waals surface area contributed by atoms with Crippen LogP contribution in [0.1, 0.15) is 58.4 Å². The van der Waals surface area contributed by atoms with Crippen LogP contribution in [0.3, 0.4) is 0 Å². The fraction of sp³-hybridized carbons (Fsp3) is 0.692. The summed E-state index contributed by atoms with van der Waals surface area (Å²) in [4.78, 5) is 0. The molecular formula is C13H28O. The Bertz CT molecular complexity index is 168. The van der Waals surface area contributed by atoms with Gasteiger partial charge in [0.2, 0.25) is 0 Å². The monoisotopic (exact) mass is 200 g/mol. The van der Waals surface area contributed by atoms with Gasteiger partial charge in [0.05, 0.1) is 6.26 Å². The lowest BCUT2D eigenvalue weighted by molar-refractivity contribution is 0.530. The smallest absolute Gasteiger partial charge is 0.103 e. The number of aryl methyl sites for hydroxylation is 2. The van der Waals surface area contributed by atoms with Crippen molar-refractivity contribution in [2.45, 2.75) is 62.3 Å². The standard InChI is InChI=1S/C7H10O.3C2H6/c1-5-4-8-7(3)6(5)2;3*1-2/h4H,1-3H3;3*1-2H3. The fourth-order valence-corrected chi connectivity index (χ4v) is 0.631. The van der Waals surface area contributed by atoms with Crippen LogP contribution in [-0.2, 0) is 0 Å². The van der Waals surface area contributed by atoms with Gasteiger partial charge in [0, 0.05) is 0 Å². The zero-order chi connectivity index (χ0) is 12.1. The van der Waals surface area contributed by atoms with Gasteiger partial charge in [-0.25, -0.2) is 0 Å². The summed E-state index contributed by atoms with van der Waals surface area (Å²) in [7, 11) is 0. The molecule has 0 unspecified atom stereocenters. The van der Waals surface area contributed by atoms with E-state index in [-0.39, 0.29) is 0 Å². The Morgan fingerprint density at radius 2 is 1.14 bits per heavy atom. The van der Waals surface area contributed by atoms with Gasteiger partial charge in [-0.3, -0.25) is 0 Å². The summed E-state index contributed by atoms with van der Waals surface area (Å²) in [6.07, 6.45) is 1.78. The van der Waals surface area contributed by atoms with Crippen molar-refractivity contribution in [1.29, 1.82) is 0 Å². The van der Waals surface area contributed by atoms with Crippen LogP contribution in [0, 0.1) is 20.8 Å². The molecule has 1 rings (SSSR count). The number of hydrogen-bond acceptors (Lipinski definition) is 1. The van der Waals surface area contributed by atoms with Crippen molar-refractivity contribution in [3.8, 4) is 0 Å². The highest BCUT2D eigenvalue weighted by molar-refractivity contribution is 5.23. The maximum absolute atomic E-state index is 5.09. The zero-order valence-electron chi connectivity index (χ0n) is 11.5. The molecule has 0 radical (unpaired) electrons. The summed E-state index contributed by atoms with van der Waals surface area (Å²) in [5.41, 5.74) is 2.51. The van der Waals surface area contributed by atoms with Crippen molar-refractivity contribution in [2.24, 2.45) is 0 Å². The van der Waals surface area contributed by atoms with Gasteiger partial charge in [-0.15, -0.1) is 0 Å². The Morgan fingerprint density at radius 3 is 1.21 bits per heavy atom. The van der Waals surface area contributed by atoms with Crippen molar-refractivity contribution < 1.29 is 4.42 Å². The van der Waals surface area contributed by atoms with E-state index < -0.39 is 0 Å². The Labute approximate surface area is 90.5 Å². The molecule has 0 saturated carbocycles. The maximum atomic E-state index is 5.09. The minimum absolute atomic E-state index is 1.03. The second-order valence-electron chi connectivity index (χ2n) is 2.10. The number of rotatable bonds is 0. The van der Waals surface area contributed by atoms with E-state index >= 15 is 0 Å². The summed E-state index contributed by atoms with van der Waals surface area (Å²) in [6, 6.07) is 0. The first kappa shape index (κ1) is 18.9. The molecule has 1 heterocycles. The second kappa shape index (κ2) is 14.8. The zero-order valence-corrected chi connectivity index (χ0v) is 11.5. The maximum Gasteiger partial charge on any atom is 0.103 e. The highest BCUT2D eigenvalue weighted by atomic mass is 16.3. The van der Waals surface area contributed by atoms with Crippen molar-refractivity contribution in [1.82, 2.24) is 0 Å². The largest absolute Gasteiger partial charge is 0.469 e. The molecule has 1 heteroatoms. The van der Waals surface area contributed by atoms with Gasteiger partial charge in [-0.2, -0.15) is 0 Å². The molecule has 0 saturated heterocycles. The molecule has 0 aliphatic rings. The topological polar surface area (TPSA) is 13.1 Å². The van der Waals surface area contributed by atoms with Crippen LogP contribution in [0.2, 0.25) is 0 Å². The normalized spacial score (nSPS) is 6.93. The third-order valence-corrected chi connectivity index (χ3v) is 1.53. The van der Waals surface area contributed by atoms with Gasteiger partial charge in [0.15, 0.2) is 0 Å². The fourth-order valence-electron chi connectivity index (χ4n) is 0.631. The third kappa shape index (κ3) is 7.90. The van der Waals surface area contributed by atoms with E-state index in [1.54, 1.807) is 6.26 Å². The van der Waals surface area contributed by atoms with Gasteiger partial charge in [0.1, 0.15) is 5.76 Å². The molecule has 0 fully saturated rings. The third-order valence-electron chi connectivity index (χ3n) is 1.53. The van der Waals surface area contributed by atoms with Crippen LogP contribution in [-0.4, -0.2) is 0 Å². The van der Waals surface area contributed by atoms with E-state index in [0.29, 0.717) is 0 Å². The first-order chi connectivity index (χ1) is 6.72. The Morgan fingerprint density at radius 1 is 0.786 bits per heavy atom. The molecule has 0 bridgehead atoms. The lowest BCUT2D eigenvalue weighted by atomic mass is 10.2. The molecule has 0 atom stereocenters. The Hall–Kier alpha value is -0.720. The Kier molecular flexibility index (Phi) is 20.0. The second-order valence-corrected chi connectivity index (χ2v) is 2.10. The first-order valence-electron chi connectivity index (χ1n) is 5.73. The van der Waals surface area contributed by atoms with Crippen molar-refractivity contribution >= 4 is 0 Å². The highest BCUT2D eigenvalue weighted by Crippen LogP contribution is 2.12. The van der Waals surface area contributed by atoms with E-state index in [0.717, 1.165) is 5.76 Å². The molecule has 0 aliphatic heterocycles. The molecule has 1 aromatic heterocycles. The summed E-state index contributed by atoms with van der Waals surface area (Å²) in [6.45, 7) is 18.1. The highest BCUT2D eigenvalue weighted by Gasteiger charge is 1.97. The van der Waals surface area contributed by atoms with Crippen LogP contribution in [0.5, 0.6) is 0 Å². The molecule has 14 heavy (non-hydrogen) atoms. The molecule has 0 aromatic carbocycles. The van der Waals surface area contributed by atoms with Crippen LogP contribution >= 0.6 is 0 Å². The van der Waals surface area contributed by atoms with Crippen LogP contribution in [0.4, 0.5) is 0 Å². The van der Waals surface area contributed by atoms with Gasteiger partial charge in [-0.05, 0) is 31.9 Å². The summed E-state index contributed by atoms with van der Waals surface area (Å²) in [5.74, 6) is 1.03. The number of furan rings is 1. The Balaban J connectivity index is -0.000000174. The van der Waals surface area contributed by atoms with Gasteiger partial charge >= 0.3 is 0 Å². The van der Waals surface area contributed by atoms with E-state index in [9.17, 15) is 0 Å². The number of hydrogen-bond donors (Lipinski definition) is 0. The van der Waals surface area contributed by atoms with Crippen LogP contribution < -0.4 is 0 Å². The van der Waals surface area contributed by atoms with E-state index in [4.69, 9.17) is 4.42 Å². The molecule has 1 aromatic rings. The van der Waals surface area contributed by atoms with E-state index in [1.807, 2.05) is 55.4 Å². The van der Waals surface area contributed by atoms with Crippen molar-refractivity contribution in [2.75, 3.05) is 0 Å². The lowest BCUT2D eigenvalue weighted by Gasteiger charge is -1.83. The summed E-state index contributed by atoms with van der Waals surface area (Å²) in [5, 5.41) is 0. The minimum Gasteiger partial charge on any atom is -0.469 e. The average molecular weight is 200 g/mol. The van der Waals surface area contributed by atoms with E-state index in [2.05, 4.69) is 6.92 Å². The molecule has 86 valence electrons. The average Bonchev–Trinajstić information content (AvgIpc) is 2.58. The lowest BCUT2D eigenvalue weighted by Crippen LogP contribution is -1.71. The van der Waals surface area contributed by atoms with Crippen molar-refractivity contribution in [3.05, 3.63) is 23.2 Å². The van der Waals surface area contributed by atoms with Crippen LogP contribution in [0.15, 0.2) is 10.7 Å². The summed E-state index contributed by atoms with van der Waals surface area (Å²) >= 11 is 0. The molecule has 0 N–H and O–H groups in total. The first-order valence-corrected chi connectivity index (χ1v) is 5.73. The predicted molar refractivity (Wildman–Crippen MR) is 67.0 cm³/mol. The van der Waals surface area contributed by atoms with Crippen LogP contribution in [0.25, 0.3) is 0 Å². The molecule has 0 aliphatic carbocycles. The summed E-state index contributed by atoms with van der Waals surface area (Å²) < 4.78 is 5.09. The van der Waals surface area contributed by atoms with Gasteiger partial charge in [0.25, 0.3) is 0 Å². The minimum atomic E-state index is 1.03. The van der Waals surface area contributed by atoms with Crippen molar-refractivity contribution in [3.63, 3.8) is 0 Å².